The van der Waals surface area contributed by atoms with Crippen molar-refractivity contribution in [1.29, 1.82) is 5.26 Å². The smallest absolute Gasteiger partial charge is 0.169 e. The Labute approximate surface area is 157 Å². The maximum Gasteiger partial charge on any atom is 0.169 e. The minimum atomic E-state index is 0.424. The summed E-state index contributed by atoms with van der Waals surface area (Å²) in [4.78, 5) is 4.73. The van der Waals surface area contributed by atoms with Gasteiger partial charge in [0, 0.05) is 19.4 Å². The summed E-state index contributed by atoms with van der Waals surface area (Å²) in [6.45, 7) is 2.02. The highest BCUT2D eigenvalue weighted by Crippen LogP contribution is 2.24. The van der Waals surface area contributed by atoms with Crippen molar-refractivity contribution in [3.8, 4) is 11.8 Å². The third-order valence-electron chi connectivity index (χ3n) is 3.93. The third kappa shape index (κ3) is 4.57. The number of ether oxygens (including phenoxy) is 2. The van der Waals surface area contributed by atoms with E-state index in [0.717, 1.165) is 39.8 Å². The lowest BCUT2D eigenvalue weighted by Gasteiger charge is -2.09. The molecule has 0 atom stereocenters. The van der Waals surface area contributed by atoms with E-state index in [1.54, 1.807) is 18.9 Å². The number of methoxy groups -OCH3 is 1. The summed E-state index contributed by atoms with van der Waals surface area (Å²) in [5.74, 6) is 1.62. The number of aromatic nitrogens is 2. The number of benzene rings is 2. The number of hydrogen-bond donors (Lipinski definition) is 0. The summed E-state index contributed by atoms with van der Waals surface area (Å²) in [7, 11) is 1.71. The predicted molar refractivity (Wildman–Crippen MR) is 104 cm³/mol. The normalized spacial score (nSPS) is 10.8. The molecule has 0 aliphatic rings. The van der Waals surface area contributed by atoms with Crippen molar-refractivity contribution in [2.75, 3.05) is 26.1 Å². The number of thioether (sulfide) groups is 1. The van der Waals surface area contributed by atoms with Gasteiger partial charge in [-0.25, -0.2) is 4.98 Å². The van der Waals surface area contributed by atoms with E-state index in [-0.39, 0.29) is 0 Å². The molecule has 5 nitrogen and oxygen atoms in total. The molecule has 1 aromatic heterocycles. The Kier molecular flexibility index (Phi) is 6.53. The molecular formula is C20H21N3O2S. The Balaban J connectivity index is 1.58. The number of nitrogens with zero attached hydrogens (tertiary/aromatic N) is 3. The molecule has 0 radical (unpaired) electrons. The van der Waals surface area contributed by atoms with Crippen molar-refractivity contribution in [2.24, 2.45) is 0 Å². The van der Waals surface area contributed by atoms with Crippen LogP contribution in [0.3, 0.4) is 0 Å². The molecule has 0 unspecified atom stereocenters. The highest BCUT2D eigenvalue weighted by atomic mass is 32.2. The lowest BCUT2D eigenvalue weighted by Crippen LogP contribution is -2.07. The Morgan fingerprint density at radius 1 is 1.12 bits per heavy atom. The SMILES string of the molecule is COCCn1c(SCCOc2ccc(CC#N)cc2)nc2ccccc21. The van der Waals surface area contributed by atoms with Crippen LogP contribution in [0.1, 0.15) is 5.56 Å². The molecule has 26 heavy (non-hydrogen) atoms. The molecule has 0 aliphatic carbocycles. The summed E-state index contributed by atoms with van der Waals surface area (Å²) >= 11 is 1.68. The van der Waals surface area contributed by atoms with Crippen LogP contribution >= 0.6 is 11.8 Å². The minimum Gasteiger partial charge on any atom is -0.493 e. The van der Waals surface area contributed by atoms with Crippen LogP contribution in [0.25, 0.3) is 11.0 Å². The Hall–Kier alpha value is -2.49. The zero-order valence-electron chi connectivity index (χ0n) is 14.7. The monoisotopic (exact) mass is 367 g/mol. The zero-order chi connectivity index (χ0) is 18.2. The van der Waals surface area contributed by atoms with Gasteiger partial charge in [0.05, 0.1) is 36.7 Å². The second-order valence-corrected chi connectivity index (χ2v) is 6.77. The fourth-order valence-electron chi connectivity index (χ4n) is 2.65. The van der Waals surface area contributed by atoms with Gasteiger partial charge in [0.25, 0.3) is 0 Å². The Morgan fingerprint density at radius 2 is 1.92 bits per heavy atom. The quantitative estimate of drug-likeness (QED) is 0.424. The topological polar surface area (TPSA) is 60.1 Å². The van der Waals surface area contributed by atoms with E-state index in [0.29, 0.717) is 19.6 Å². The van der Waals surface area contributed by atoms with Gasteiger partial charge in [0.2, 0.25) is 0 Å². The number of para-hydroxylation sites is 2. The number of nitriles is 1. The van der Waals surface area contributed by atoms with Gasteiger partial charge < -0.3 is 14.0 Å². The van der Waals surface area contributed by atoms with Gasteiger partial charge in [-0.05, 0) is 29.8 Å². The third-order valence-corrected chi connectivity index (χ3v) is 4.87. The van der Waals surface area contributed by atoms with Crippen molar-refractivity contribution in [1.82, 2.24) is 9.55 Å². The zero-order valence-corrected chi connectivity index (χ0v) is 15.5. The highest BCUT2D eigenvalue weighted by molar-refractivity contribution is 7.99. The first-order chi connectivity index (χ1) is 12.8. The largest absolute Gasteiger partial charge is 0.493 e. The molecule has 134 valence electrons. The van der Waals surface area contributed by atoms with Crippen LogP contribution < -0.4 is 4.74 Å². The first-order valence-electron chi connectivity index (χ1n) is 8.47. The van der Waals surface area contributed by atoms with Crippen molar-refractivity contribution in [3.63, 3.8) is 0 Å². The van der Waals surface area contributed by atoms with Gasteiger partial charge >= 0.3 is 0 Å². The summed E-state index contributed by atoms with van der Waals surface area (Å²) in [5.41, 5.74) is 3.13. The van der Waals surface area contributed by atoms with E-state index in [1.807, 2.05) is 42.5 Å². The van der Waals surface area contributed by atoms with E-state index in [2.05, 4.69) is 16.7 Å². The predicted octanol–water partition coefficient (Wildman–Crippen LogP) is 3.92. The highest BCUT2D eigenvalue weighted by Gasteiger charge is 2.10. The van der Waals surface area contributed by atoms with Crippen LogP contribution in [-0.4, -0.2) is 35.6 Å². The Morgan fingerprint density at radius 3 is 2.69 bits per heavy atom. The summed E-state index contributed by atoms with van der Waals surface area (Å²) < 4.78 is 13.2. The lowest BCUT2D eigenvalue weighted by atomic mass is 10.2. The number of hydrogen-bond acceptors (Lipinski definition) is 5. The molecular weight excluding hydrogens is 346 g/mol. The summed E-state index contributed by atoms with van der Waals surface area (Å²) in [5, 5.41) is 9.68. The molecule has 6 heteroatoms. The second kappa shape index (κ2) is 9.27. The molecule has 2 aromatic carbocycles. The van der Waals surface area contributed by atoms with Crippen LogP contribution in [0.2, 0.25) is 0 Å². The average molecular weight is 367 g/mol. The molecule has 3 aromatic rings. The standard InChI is InChI=1S/C20H21N3O2S/c1-24-13-12-23-19-5-3-2-4-18(19)22-20(23)26-15-14-25-17-8-6-16(7-9-17)10-11-21/h2-9H,10,12-15H2,1H3. The number of rotatable bonds is 9. The number of fused-ring (bicyclic) bond motifs is 1. The van der Waals surface area contributed by atoms with Gasteiger partial charge in [-0.2, -0.15) is 5.26 Å². The van der Waals surface area contributed by atoms with Crippen molar-refractivity contribution in [3.05, 3.63) is 54.1 Å². The molecule has 0 aliphatic heterocycles. The molecule has 0 amide bonds. The maximum atomic E-state index is 8.70. The van der Waals surface area contributed by atoms with Gasteiger partial charge in [0.1, 0.15) is 5.75 Å². The molecule has 0 bridgehead atoms. The summed E-state index contributed by atoms with van der Waals surface area (Å²) in [6, 6.07) is 18.0. The van der Waals surface area contributed by atoms with E-state index in [9.17, 15) is 0 Å². The fraction of sp³-hybridized carbons (Fsp3) is 0.300. The van der Waals surface area contributed by atoms with Crippen LogP contribution in [-0.2, 0) is 17.7 Å². The van der Waals surface area contributed by atoms with Crippen LogP contribution in [0.4, 0.5) is 0 Å². The van der Waals surface area contributed by atoms with Crippen LogP contribution in [0, 0.1) is 11.3 Å². The fourth-order valence-corrected chi connectivity index (χ4v) is 3.51. The van der Waals surface area contributed by atoms with Gasteiger partial charge in [-0.15, -0.1) is 0 Å². The molecule has 0 N–H and O–H groups in total. The Bertz CT molecular complexity index is 884. The molecule has 3 rings (SSSR count). The molecule has 0 saturated heterocycles. The second-order valence-electron chi connectivity index (χ2n) is 5.70. The van der Waals surface area contributed by atoms with Crippen molar-refractivity contribution < 1.29 is 9.47 Å². The van der Waals surface area contributed by atoms with Gasteiger partial charge in [-0.1, -0.05) is 36.0 Å². The summed E-state index contributed by atoms with van der Waals surface area (Å²) in [6.07, 6.45) is 0.424. The minimum absolute atomic E-state index is 0.424. The average Bonchev–Trinajstić information content (AvgIpc) is 3.02. The molecule has 0 spiro atoms. The van der Waals surface area contributed by atoms with Crippen molar-refractivity contribution >= 4 is 22.8 Å². The lowest BCUT2D eigenvalue weighted by molar-refractivity contribution is 0.186. The first kappa shape index (κ1) is 18.3. The van der Waals surface area contributed by atoms with E-state index in [1.165, 1.54) is 0 Å². The maximum absolute atomic E-state index is 8.70. The van der Waals surface area contributed by atoms with E-state index in [4.69, 9.17) is 19.7 Å². The van der Waals surface area contributed by atoms with Gasteiger partial charge in [-0.3, -0.25) is 0 Å². The van der Waals surface area contributed by atoms with Gasteiger partial charge in [0.15, 0.2) is 5.16 Å². The van der Waals surface area contributed by atoms with E-state index < -0.39 is 0 Å². The number of imidazole rings is 1. The van der Waals surface area contributed by atoms with Crippen LogP contribution in [0.5, 0.6) is 5.75 Å². The molecule has 1 heterocycles. The molecule has 0 fully saturated rings. The first-order valence-corrected chi connectivity index (χ1v) is 9.46. The van der Waals surface area contributed by atoms with Crippen molar-refractivity contribution in [2.45, 2.75) is 18.1 Å². The molecule has 0 saturated carbocycles. The van der Waals surface area contributed by atoms with Crippen LogP contribution in [0.15, 0.2) is 53.7 Å². The van der Waals surface area contributed by atoms with E-state index >= 15 is 0 Å².